The Labute approximate surface area is 87.7 Å². The average molecular weight is 229 g/mol. The molecule has 0 radical (unpaired) electrons. The van der Waals surface area contributed by atoms with Gasteiger partial charge in [0.1, 0.15) is 4.90 Å². The number of para-hydroxylation sites is 1. The molecule has 0 atom stereocenters. The van der Waals surface area contributed by atoms with Crippen LogP contribution in [0.4, 0.5) is 5.69 Å². The predicted octanol–water partition coefficient (Wildman–Crippen LogP) is -0.0734. The summed E-state index contributed by atoms with van der Waals surface area (Å²) in [6.07, 6.45) is 0. The van der Waals surface area contributed by atoms with Crippen LogP contribution in [-0.4, -0.2) is 21.5 Å². The summed E-state index contributed by atoms with van der Waals surface area (Å²) in [5.74, 6) is -0.214. The summed E-state index contributed by atoms with van der Waals surface area (Å²) in [4.78, 5) is 3.62. The lowest BCUT2D eigenvalue weighted by atomic mass is 10.3. The van der Waals surface area contributed by atoms with Crippen molar-refractivity contribution < 1.29 is 12.6 Å². The third-order valence-corrected chi connectivity index (χ3v) is 2.93. The first kappa shape index (κ1) is 11.5. The van der Waals surface area contributed by atoms with Gasteiger partial charge in [0.25, 0.3) is 10.1 Å². The molecule has 0 bridgehead atoms. The van der Waals surface area contributed by atoms with Gasteiger partial charge in [-0.05, 0) is 12.1 Å². The van der Waals surface area contributed by atoms with Crippen molar-refractivity contribution in [3.63, 3.8) is 0 Å². The first-order valence-electron chi connectivity index (χ1n) is 3.96. The number of nitrogens with zero attached hydrogens (tertiary/aromatic N) is 1. The van der Waals surface area contributed by atoms with Crippen molar-refractivity contribution in [1.29, 1.82) is 0 Å². The van der Waals surface area contributed by atoms with Gasteiger partial charge in [-0.1, -0.05) is 12.1 Å². The van der Waals surface area contributed by atoms with Crippen molar-refractivity contribution in [2.75, 3.05) is 7.11 Å². The van der Waals surface area contributed by atoms with Gasteiger partial charge in [-0.15, -0.1) is 0 Å². The summed E-state index contributed by atoms with van der Waals surface area (Å²) in [7, 11) is -2.72. The maximum absolute atomic E-state index is 11.4. The van der Waals surface area contributed by atoms with Crippen LogP contribution in [0.15, 0.2) is 34.2 Å². The predicted molar refractivity (Wildman–Crippen MR) is 56.1 cm³/mol. The molecule has 0 aliphatic carbocycles. The minimum Gasteiger partial charge on any atom is -0.370 e. The Morgan fingerprint density at radius 3 is 2.47 bits per heavy atom. The zero-order valence-electron chi connectivity index (χ0n) is 8.04. The van der Waals surface area contributed by atoms with Crippen LogP contribution in [0.2, 0.25) is 0 Å². The molecule has 82 valence electrons. The standard InChI is InChI=1S/C8H11N3O3S/c1-14-15(12,13)7-5-3-2-4-6(7)11-8(9)10/h2-5H,1H3,(H4,9,10,11). The lowest BCUT2D eigenvalue weighted by molar-refractivity contribution is 0.398. The second-order valence-corrected chi connectivity index (χ2v) is 4.31. The van der Waals surface area contributed by atoms with Crippen molar-refractivity contribution in [3.05, 3.63) is 24.3 Å². The van der Waals surface area contributed by atoms with E-state index in [1.807, 2.05) is 0 Å². The Morgan fingerprint density at radius 2 is 1.93 bits per heavy atom. The average Bonchev–Trinajstić information content (AvgIpc) is 2.17. The van der Waals surface area contributed by atoms with E-state index in [2.05, 4.69) is 9.18 Å². The fourth-order valence-corrected chi connectivity index (χ4v) is 1.78. The molecule has 0 aromatic heterocycles. The molecule has 1 rings (SSSR count). The second kappa shape index (κ2) is 4.28. The molecule has 0 unspecified atom stereocenters. The molecule has 6 nitrogen and oxygen atoms in total. The van der Waals surface area contributed by atoms with E-state index in [1.165, 1.54) is 12.1 Å². The number of hydrogen-bond acceptors (Lipinski definition) is 4. The Balaban J connectivity index is 3.37. The third kappa shape index (κ3) is 2.67. The summed E-state index contributed by atoms with van der Waals surface area (Å²) >= 11 is 0. The smallest absolute Gasteiger partial charge is 0.298 e. The Bertz CT molecular complexity index is 478. The third-order valence-electron chi connectivity index (χ3n) is 1.60. The van der Waals surface area contributed by atoms with E-state index in [1.54, 1.807) is 12.1 Å². The molecule has 0 fully saturated rings. The minimum absolute atomic E-state index is 0.0686. The van der Waals surface area contributed by atoms with Crippen LogP contribution in [0.3, 0.4) is 0 Å². The van der Waals surface area contributed by atoms with Crippen molar-refractivity contribution >= 4 is 21.8 Å². The van der Waals surface area contributed by atoms with Gasteiger partial charge in [-0.3, -0.25) is 4.18 Å². The minimum atomic E-state index is -3.79. The highest BCUT2D eigenvalue weighted by Gasteiger charge is 2.17. The molecule has 1 aromatic rings. The van der Waals surface area contributed by atoms with Gasteiger partial charge in [0.05, 0.1) is 12.8 Å². The highest BCUT2D eigenvalue weighted by atomic mass is 32.2. The maximum Gasteiger partial charge on any atom is 0.298 e. The zero-order chi connectivity index (χ0) is 11.5. The van der Waals surface area contributed by atoms with Gasteiger partial charge in [0.15, 0.2) is 5.96 Å². The van der Waals surface area contributed by atoms with E-state index in [-0.39, 0.29) is 16.5 Å². The molecule has 0 heterocycles. The van der Waals surface area contributed by atoms with Crippen LogP contribution < -0.4 is 11.5 Å². The summed E-state index contributed by atoms with van der Waals surface area (Å²) in [5.41, 5.74) is 10.5. The van der Waals surface area contributed by atoms with Crippen LogP contribution >= 0.6 is 0 Å². The van der Waals surface area contributed by atoms with Crippen LogP contribution in [0.1, 0.15) is 0 Å². The highest BCUT2D eigenvalue weighted by molar-refractivity contribution is 7.87. The number of rotatable bonds is 3. The van der Waals surface area contributed by atoms with E-state index in [4.69, 9.17) is 11.5 Å². The normalized spacial score (nSPS) is 11.0. The van der Waals surface area contributed by atoms with Crippen molar-refractivity contribution in [3.8, 4) is 0 Å². The maximum atomic E-state index is 11.4. The first-order valence-corrected chi connectivity index (χ1v) is 5.37. The van der Waals surface area contributed by atoms with Crippen LogP contribution in [0.25, 0.3) is 0 Å². The van der Waals surface area contributed by atoms with Gasteiger partial charge in [-0.25, -0.2) is 4.99 Å². The lowest BCUT2D eigenvalue weighted by Crippen LogP contribution is -2.22. The number of benzene rings is 1. The molecule has 0 aliphatic heterocycles. The van der Waals surface area contributed by atoms with E-state index in [9.17, 15) is 8.42 Å². The summed E-state index contributed by atoms with van der Waals surface area (Å²) < 4.78 is 27.2. The quantitative estimate of drug-likeness (QED) is 0.428. The molecule has 0 saturated carbocycles. The number of hydrogen-bond donors (Lipinski definition) is 2. The molecule has 0 amide bonds. The van der Waals surface area contributed by atoms with Crippen molar-refractivity contribution in [1.82, 2.24) is 0 Å². The Morgan fingerprint density at radius 1 is 1.33 bits per heavy atom. The molecule has 15 heavy (non-hydrogen) atoms. The lowest BCUT2D eigenvalue weighted by Gasteiger charge is -2.04. The molecule has 0 saturated heterocycles. The molecule has 4 N–H and O–H groups in total. The van der Waals surface area contributed by atoms with Gasteiger partial charge in [-0.2, -0.15) is 8.42 Å². The summed E-state index contributed by atoms with van der Waals surface area (Å²) in [5, 5.41) is 0. The second-order valence-electron chi connectivity index (χ2n) is 2.63. The van der Waals surface area contributed by atoms with Crippen LogP contribution in [0.5, 0.6) is 0 Å². The van der Waals surface area contributed by atoms with E-state index < -0.39 is 10.1 Å². The fraction of sp³-hybridized carbons (Fsp3) is 0.125. The van der Waals surface area contributed by atoms with Crippen LogP contribution in [0, 0.1) is 0 Å². The summed E-state index contributed by atoms with van der Waals surface area (Å²) in [6.45, 7) is 0. The monoisotopic (exact) mass is 229 g/mol. The number of aliphatic imine (C=N–C) groups is 1. The van der Waals surface area contributed by atoms with E-state index in [0.29, 0.717) is 0 Å². The molecular formula is C8H11N3O3S. The number of guanidine groups is 1. The molecule has 7 heteroatoms. The first-order chi connectivity index (χ1) is 6.97. The van der Waals surface area contributed by atoms with Gasteiger partial charge < -0.3 is 11.5 Å². The largest absolute Gasteiger partial charge is 0.370 e. The SMILES string of the molecule is COS(=O)(=O)c1ccccc1N=C(N)N. The molecular weight excluding hydrogens is 218 g/mol. The topological polar surface area (TPSA) is 108 Å². The van der Waals surface area contributed by atoms with E-state index in [0.717, 1.165) is 7.11 Å². The van der Waals surface area contributed by atoms with Gasteiger partial charge in [0.2, 0.25) is 0 Å². The summed E-state index contributed by atoms with van der Waals surface area (Å²) in [6, 6.07) is 6.01. The highest BCUT2D eigenvalue weighted by Crippen LogP contribution is 2.24. The molecule has 1 aromatic carbocycles. The van der Waals surface area contributed by atoms with Crippen molar-refractivity contribution in [2.24, 2.45) is 16.5 Å². The van der Waals surface area contributed by atoms with Gasteiger partial charge in [0, 0.05) is 0 Å². The van der Waals surface area contributed by atoms with Crippen LogP contribution in [-0.2, 0) is 14.3 Å². The number of nitrogens with two attached hydrogens (primary N) is 2. The Hall–Kier alpha value is -1.60. The Kier molecular flexibility index (Phi) is 3.28. The fourth-order valence-electron chi connectivity index (χ4n) is 0.990. The van der Waals surface area contributed by atoms with Gasteiger partial charge >= 0.3 is 0 Å². The molecule has 0 spiro atoms. The van der Waals surface area contributed by atoms with Crippen molar-refractivity contribution in [2.45, 2.75) is 4.90 Å². The zero-order valence-corrected chi connectivity index (χ0v) is 8.86. The van der Waals surface area contributed by atoms with E-state index >= 15 is 0 Å². The molecule has 0 aliphatic rings.